The summed E-state index contributed by atoms with van der Waals surface area (Å²) in [7, 11) is -3.74. The number of nitrogens with one attached hydrogen (secondary N) is 1. The van der Waals surface area contributed by atoms with E-state index in [-0.39, 0.29) is 18.5 Å². The van der Waals surface area contributed by atoms with Gasteiger partial charge in [0.05, 0.1) is 11.9 Å². The fraction of sp³-hybridized carbons (Fsp3) is 0.440. The zero-order valence-corrected chi connectivity index (χ0v) is 22.2. The lowest BCUT2D eigenvalue weighted by Crippen LogP contribution is -2.52. The Hall–Kier alpha value is -2.39. The highest BCUT2D eigenvalue weighted by atomic mass is 79.9. The minimum Gasteiger partial charge on any atom is -0.352 e. The number of aryl methyl sites for hydroxylation is 1. The minimum atomic E-state index is -3.74. The first-order chi connectivity index (χ1) is 16.1. The first kappa shape index (κ1) is 26.2. The summed E-state index contributed by atoms with van der Waals surface area (Å²) in [5, 5.41) is 3.06. The molecule has 1 atom stereocenters. The second kappa shape index (κ2) is 11.4. The molecule has 0 unspecified atom stereocenters. The van der Waals surface area contributed by atoms with Gasteiger partial charge in [-0.3, -0.25) is 13.9 Å². The number of rotatable bonds is 9. The van der Waals surface area contributed by atoms with Crippen molar-refractivity contribution in [3.05, 3.63) is 64.1 Å². The number of hydrogen-bond donors (Lipinski definition) is 1. The summed E-state index contributed by atoms with van der Waals surface area (Å²) >= 11 is 3.42. The van der Waals surface area contributed by atoms with Gasteiger partial charge < -0.3 is 10.2 Å². The first-order valence-corrected chi connectivity index (χ1v) is 14.1. The van der Waals surface area contributed by atoms with Gasteiger partial charge in [-0.25, -0.2) is 8.42 Å². The number of benzene rings is 2. The molecule has 1 N–H and O–H groups in total. The van der Waals surface area contributed by atoms with Gasteiger partial charge in [-0.15, -0.1) is 0 Å². The maximum Gasteiger partial charge on any atom is 0.244 e. The predicted molar refractivity (Wildman–Crippen MR) is 138 cm³/mol. The quantitative estimate of drug-likeness (QED) is 0.512. The fourth-order valence-electron chi connectivity index (χ4n) is 4.15. The van der Waals surface area contributed by atoms with Gasteiger partial charge in [-0.2, -0.15) is 0 Å². The van der Waals surface area contributed by atoms with Crippen molar-refractivity contribution in [2.24, 2.45) is 0 Å². The number of halogens is 1. The van der Waals surface area contributed by atoms with Crippen molar-refractivity contribution in [3.8, 4) is 0 Å². The van der Waals surface area contributed by atoms with E-state index in [1.165, 1.54) is 4.90 Å². The van der Waals surface area contributed by atoms with Gasteiger partial charge in [0.2, 0.25) is 21.8 Å². The highest BCUT2D eigenvalue weighted by Gasteiger charge is 2.31. The lowest BCUT2D eigenvalue weighted by atomic mass is 10.1. The predicted octanol–water partition coefficient (Wildman–Crippen LogP) is 4.00. The van der Waals surface area contributed by atoms with Gasteiger partial charge in [0.1, 0.15) is 12.6 Å². The smallest absolute Gasteiger partial charge is 0.244 e. The summed E-state index contributed by atoms with van der Waals surface area (Å²) in [5.41, 5.74) is 2.12. The summed E-state index contributed by atoms with van der Waals surface area (Å²) in [6.07, 6.45) is 5.13. The molecule has 0 aromatic heterocycles. The van der Waals surface area contributed by atoms with E-state index in [0.29, 0.717) is 5.69 Å². The third-order valence-corrected chi connectivity index (χ3v) is 8.20. The number of nitrogens with zero attached hydrogens (tertiary/aromatic N) is 2. The van der Waals surface area contributed by atoms with Crippen LogP contribution in [0.3, 0.4) is 0 Å². The Balaban J connectivity index is 1.87. The van der Waals surface area contributed by atoms with Crippen molar-refractivity contribution in [2.75, 3.05) is 17.1 Å². The molecule has 0 aliphatic heterocycles. The summed E-state index contributed by atoms with van der Waals surface area (Å²) in [4.78, 5) is 28.0. The van der Waals surface area contributed by atoms with Gasteiger partial charge in [-0.05, 0) is 56.0 Å². The van der Waals surface area contributed by atoms with Crippen molar-refractivity contribution < 1.29 is 18.0 Å². The summed E-state index contributed by atoms with van der Waals surface area (Å²) in [5.74, 6) is -0.662. The number of carbonyl (C=O) groups excluding carboxylic acids is 2. The van der Waals surface area contributed by atoms with Gasteiger partial charge in [0.15, 0.2) is 0 Å². The highest BCUT2D eigenvalue weighted by Crippen LogP contribution is 2.25. The molecule has 1 fully saturated rings. The molecule has 1 aliphatic rings. The van der Waals surface area contributed by atoms with Crippen LogP contribution in [0.1, 0.15) is 43.7 Å². The molecule has 184 valence electrons. The number of hydrogen-bond acceptors (Lipinski definition) is 4. The van der Waals surface area contributed by atoms with Crippen LogP contribution in [0, 0.1) is 6.92 Å². The Morgan fingerprint density at radius 2 is 1.76 bits per heavy atom. The van der Waals surface area contributed by atoms with Gasteiger partial charge in [0, 0.05) is 17.1 Å². The molecule has 2 amide bonds. The van der Waals surface area contributed by atoms with E-state index in [2.05, 4.69) is 21.2 Å². The van der Waals surface area contributed by atoms with E-state index >= 15 is 0 Å². The van der Waals surface area contributed by atoms with Crippen LogP contribution < -0.4 is 9.62 Å². The lowest BCUT2D eigenvalue weighted by Gasteiger charge is -2.32. The molecular weight excluding hydrogens is 518 g/mol. The second-order valence-corrected chi connectivity index (χ2v) is 11.6. The van der Waals surface area contributed by atoms with Crippen LogP contribution in [0.5, 0.6) is 0 Å². The number of sulfonamides is 1. The molecule has 1 saturated carbocycles. The SMILES string of the molecule is Cc1cc(N(CC(=O)N(Cc2ccccc2)[C@@H](C)C(=O)NC2CCCC2)S(C)(=O)=O)ccc1Br. The summed E-state index contributed by atoms with van der Waals surface area (Å²) < 4.78 is 27.2. The largest absolute Gasteiger partial charge is 0.352 e. The molecule has 2 aromatic carbocycles. The monoisotopic (exact) mass is 549 g/mol. The Morgan fingerprint density at radius 1 is 1.12 bits per heavy atom. The van der Waals surface area contributed by atoms with Crippen LogP contribution in [0.2, 0.25) is 0 Å². The van der Waals surface area contributed by atoms with E-state index in [9.17, 15) is 18.0 Å². The Bertz CT molecular complexity index is 1120. The third-order valence-electron chi connectivity index (χ3n) is 6.17. The molecule has 1 aliphatic carbocycles. The molecule has 3 rings (SSSR count). The van der Waals surface area contributed by atoms with Crippen LogP contribution in [-0.2, 0) is 26.2 Å². The topological polar surface area (TPSA) is 86.8 Å². The third kappa shape index (κ3) is 6.82. The van der Waals surface area contributed by atoms with Crippen LogP contribution >= 0.6 is 15.9 Å². The van der Waals surface area contributed by atoms with E-state index in [4.69, 9.17) is 0 Å². The Morgan fingerprint density at radius 3 is 2.35 bits per heavy atom. The molecule has 9 heteroatoms. The van der Waals surface area contributed by atoms with Crippen molar-refractivity contribution in [1.29, 1.82) is 0 Å². The number of amides is 2. The van der Waals surface area contributed by atoms with Crippen LogP contribution in [0.4, 0.5) is 5.69 Å². The van der Waals surface area contributed by atoms with Crippen molar-refractivity contribution in [3.63, 3.8) is 0 Å². The second-order valence-electron chi connectivity index (χ2n) is 8.88. The van der Waals surface area contributed by atoms with E-state index in [1.807, 2.05) is 37.3 Å². The normalized spacial score (nSPS) is 15.1. The van der Waals surface area contributed by atoms with Gasteiger partial charge >= 0.3 is 0 Å². The molecule has 0 heterocycles. The molecule has 0 radical (unpaired) electrons. The zero-order valence-electron chi connectivity index (χ0n) is 19.8. The van der Waals surface area contributed by atoms with Crippen molar-refractivity contribution in [2.45, 2.75) is 58.2 Å². The van der Waals surface area contributed by atoms with Crippen molar-refractivity contribution >= 4 is 43.5 Å². The Labute approximate surface area is 210 Å². The highest BCUT2D eigenvalue weighted by molar-refractivity contribution is 9.10. The maximum atomic E-state index is 13.5. The average molecular weight is 551 g/mol. The van der Waals surface area contributed by atoms with Crippen LogP contribution in [-0.4, -0.2) is 50.0 Å². The molecule has 7 nitrogen and oxygen atoms in total. The molecule has 0 bridgehead atoms. The number of carbonyl (C=O) groups is 2. The summed E-state index contributed by atoms with van der Waals surface area (Å²) in [6.45, 7) is 3.36. The molecule has 34 heavy (non-hydrogen) atoms. The standard InChI is InChI=1S/C25H32BrN3O4S/c1-18-15-22(13-14-23(18)26)29(34(3,32)33)17-24(30)28(16-20-9-5-4-6-10-20)19(2)25(31)27-21-11-7-8-12-21/h4-6,9-10,13-15,19,21H,7-8,11-12,16-17H2,1-3H3,(H,27,31)/t19-/m0/s1. The van der Waals surface area contributed by atoms with Crippen LogP contribution in [0.25, 0.3) is 0 Å². The first-order valence-electron chi connectivity index (χ1n) is 11.4. The number of anilines is 1. The molecular formula is C25H32BrN3O4S. The van der Waals surface area contributed by atoms with E-state index in [1.54, 1.807) is 25.1 Å². The Kier molecular flexibility index (Phi) is 8.76. The fourth-order valence-corrected chi connectivity index (χ4v) is 5.24. The average Bonchev–Trinajstić information content (AvgIpc) is 3.30. The zero-order chi connectivity index (χ0) is 24.9. The minimum absolute atomic E-state index is 0.127. The maximum absolute atomic E-state index is 13.5. The summed E-state index contributed by atoms with van der Waals surface area (Å²) in [6, 6.07) is 13.9. The molecule has 2 aromatic rings. The van der Waals surface area contributed by atoms with E-state index in [0.717, 1.165) is 51.8 Å². The van der Waals surface area contributed by atoms with Crippen molar-refractivity contribution in [1.82, 2.24) is 10.2 Å². The van der Waals surface area contributed by atoms with E-state index < -0.39 is 28.5 Å². The molecule has 0 saturated heterocycles. The van der Waals surface area contributed by atoms with Crippen LogP contribution in [0.15, 0.2) is 53.0 Å². The van der Waals surface area contributed by atoms with Gasteiger partial charge in [0.25, 0.3) is 0 Å². The van der Waals surface area contributed by atoms with Gasteiger partial charge in [-0.1, -0.05) is 59.1 Å². The lowest BCUT2D eigenvalue weighted by molar-refractivity contribution is -0.139. The molecule has 0 spiro atoms.